The van der Waals surface area contributed by atoms with Gasteiger partial charge in [0.25, 0.3) is 0 Å². The van der Waals surface area contributed by atoms with Gasteiger partial charge in [-0.3, -0.25) is 0 Å². The van der Waals surface area contributed by atoms with Crippen molar-refractivity contribution in [2.75, 3.05) is 11.9 Å². The van der Waals surface area contributed by atoms with E-state index in [1.165, 1.54) is 0 Å². The fourth-order valence-corrected chi connectivity index (χ4v) is 1.89. The standard InChI is InChI=1S/C14H23ClN2/c1-11(2)8-9-14(3,10-16)17-13-7-5-4-6-12(13)15/h4-7,11,17H,8-10,16H2,1-3H3. The third kappa shape index (κ3) is 4.57. The summed E-state index contributed by atoms with van der Waals surface area (Å²) in [6.07, 6.45) is 2.21. The molecule has 0 saturated heterocycles. The van der Waals surface area contributed by atoms with Crippen LogP contribution in [0, 0.1) is 5.92 Å². The Labute approximate surface area is 110 Å². The van der Waals surface area contributed by atoms with Crippen molar-refractivity contribution in [3.05, 3.63) is 29.3 Å². The first kappa shape index (κ1) is 14.3. The van der Waals surface area contributed by atoms with Gasteiger partial charge in [-0.05, 0) is 37.8 Å². The van der Waals surface area contributed by atoms with Crippen LogP contribution in [0.4, 0.5) is 5.69 Å². The van der Waals surface area contributed by atoms with Gasteiger partial charge in [-0.25, -0.2) is 0 Å². The quantitative estimate of drug-likeness (QED) is 0.808. The van der Waals surface area contributed by atoms with E-state index >= 15 is 0 Å². The first-order valence-corrected chi connectivity index (χ1v) is 6.57. The summed E-state index contributed by atoms with van der Waals surface area (Å²) in [4.78, 5) is 0. The highest BCUT2D eigenvalue weighted by atomic mass is 35.5. The fraction of sp³-hybridized carbons (Fsp3) is 0.571. The molecule has 0 saturated carbocycles. The summed E-state index contributed by atoms with van der Waals surface area (Å²) < 4.78 is 0. The lowest BCUT2D eigenvalue weighted by Crippen LogP contribution is -2.42. The van der Waals surface area contributed by atoms with Gasteiger partial charge in [0, 0.05) is 12.1 Å². The summed E-state index contributed by atoms with van der Waals surface area (Å²) >= 11 is 6.15. The van der Waals surface area contributed by atoms with Gasteiger partial charge in [-0.2, -0.15) is 0 Å². The lowest BCUT2D eigenvalue weighted by Gasteiger charge is -2.31. The Morgan fingerprint density at radius 1 is 1.35 bits per heavy atom. The lowest BCUT2D eigenvalue weighted by atomic mass is 9.91. The van der Waals surface area contributed by atoms with Crippen LogP contribution in [-0.4, -0.2) is 12.1 Å². The zero-order chi connectivity index (χ0) is 12.9. The van der Waals surface area contributed by atoms with Gasteiger partial charge in [0.05, 0.1) is 10.7 Å². The zero-order valence-corrected chi connectivity index (χ0v) is 11.7. The Hall–Kier alpha value is -0.730. The van der Waals surface area contributed by atoms with Gasteiger partial charge >= 0.3 is 0 Å². The van der Waals surface area contributed by atoms with Crippen molar-refractivity contribution < 1.29 is 0 Å². The highest BCUT2D eigenvalue weighted by Gasteiger charge is 2.22. The van der Waals surface area contributed by atoms with E-state index in [4.69, 9.17) is 17.3 Å². The van der Waals surface area contributed by atoms with Crippen LogP contribution in [0.2, 0.25) is 5.02 Å². The summed E-state index contributed by atoms with van der Waals surface area (Å²) in [6, 6.07) is 7.80. The minimum absolute atomic E-state index is 0.0880. The van der Waals surface area contributed by atoms with Gasteiger partial charge in [0.15, 0.2) is 0 Å². The molecule has 2 nitrogen and oxygen atoms in total. The first-order chi connectivity index (χ1) is 7.97. The highest BCUT2D eigenvalue weighted by molar-refractivity contribution is 6.33. The molecular formula is C14H23ClN2. The van der Waals surface area contributed by atoms with E-state index in [2.05, 4.69) is 26.1 Å². The largest absolute Gasteiger partial charge is 0.377 e. The Balaban J connectivity index is 2.71. The minimum Gasteiger partial charge on any atom is -0.377 e. The van der Waals surface area contributed by atoms with Gasteiger partial charge in [-0.15, -0.1) is 0 Å². The molecular weight excluding hydrogens is 232 g/mol. The summed E-state index contributed by atoms with van der Waals surface area (Å²) in [5, 5.41) is 4.22. The number of hydrogen-bond acceptors (Lipinski definition) is 2. The lowest BCUT2D eigenvalue weighted by molar-refractivity contribution is 0.420. The molecule has 0 radical (unpaired) electrons. The second-order valence-electron chi connectivity index (χ2n) is 5.30. The van der Waals surface area contributed by atoms with Crippen LogP contribution in [0.15, 0.2) is 24.3 Å². The fourth-order valence-electron chi connectivity index (χ4n) is 1.71. The molecule has 0 bridgehead atoms. The van der Waals surface area contributed by atoms with Gasteiger partial charge in [0.1, 0.15) is 0 Å². The van der Waals surface area contributed by atoms with Crippen molar-refractivity contribution >= 4 is 17.3 Å². The van der Waals surface area contributed by atoms with Crippen LogP contribution >= 0.6 is 11.6 Å². The monoisotopic (exact) mass is 254 g/mol. The third-order valence-electron chi connectivity index (χ3n) is 3.03. The van der Waals surface area contributed by atoms with Crippen LogP contribution in [0.3, 0.4) is 0 Å². The summed E-state index contributed by atoms with van der Waals surface area (Å²) in [6.45, 7) is 7.21. The molecule has 0 aliphatic carbocycles. The van der Waals surface area contributed by atoms with Crippen LogP contribution in [-0.2, 0) is 0 Å². The first-order valence-electron chi connectivity index (χ1n) is 6.19. The van der Waals surface area contributed by atoms with Crippen LogP contribution in [0.1, 0.15) is 33.6 Å². The Bertz CT molecular complexity index is 352. The van der Waals surface area contributed by atoms with Crippen molar-refractivity contribution in [3.8, 4) is 0 Å². The molecule has 0 aliphatic heterocycles. The average Bonchev–Trinajstić information content (AvgIpc) is 2.30. The minimum atomic E-state index is -0.0880. The van der Waals surface area contributed by atoms with Crippen molar-refractivity contribution in [1.29, 1.82) is 0 Å². The molecule has 0 fully saturated rings. The zero-order valence-electron chi connectivity index (χ0n) is 11.0. The van der Waals surface area contributed by atoms with Crippen LogP contribution in [0.5, 0.6) is 0 Å². The normalized spacial score (nSPS) is 14.7. The molecule has 0 amide bonds. The predicted octanol–water partition coefficient (Wildman–Crippen LogP) is 3.91. The number of halogens is 1. The molecule has 1 atom stereocenters. The van der Waals surface area contributed by atoms with E-state index in [9.17, 15) is 0 Å². The van der Waals surface area contributed by atoms with Gasteiger partial charge in [-0.1, -0.05) is 37.6 Å². The van der Waals surface area contributed by atoms with E-state index in [0.29, 0.717) is 12.5 Å². The number of benzene rings is 1. The number of para-hydroxylation sites is 1. The Morgan fingerprint density at radius 3 is 2.53 bits per heavy atom. The topological polar surface area (TPSA) is 38.0 Å². The molecule has 1 rings (SSSR count). The molecule has 0 aromatic heterocycles. The highest BCUT2D eigenvalue weighted by Crippen LogP contribution is 2.26. The van der Waals surface area contributed by atoms with E-state index in [1.54, 1.807) is 0 Å². The van der Waals surface area contributed by atoms with Crippen molar-refractivity contribution in [3.63, 3.8) is 0 Å². The van der Waals surface area contributed by atoms with Crippen molar-refractivity contribution in [2.24, 2.45) is 11.7 Å². The molecule has 0 spiro atoms. The SMILES string of the molecule is CC(C)CCC(C)(CN)Nc1ccccc1Cl. The van der Waals surface area contributed by atoms with Gasteiger partial charge < -0.3 is 11.1 Å². The van der Waals surface area contributed by atoms with Crippen molar-refractivity contribution in [2.45, 2.75) is 39.2 Å². The number of hydrogen-bond donors (Lipinski definition) is 2. The van der Waals surface area contributed by atoms with E-state index < -0.39 is 0 Å². The Morgan fingerprint density at radius 2 is 2.00 bits per heavy atom. The number of nitrogens with one attached hydrogen (secondary N) is 1. The molecule has 0 heterocycles. The smallest absolute Gasteiger partial charge is 0.0637 e. The second kappa shape index (κ2) is 6.27. The molecule has 1 unspecified atom stereocenters. The number of anilines is 1. The molecule has 1 aromatic carbocycles. The van der Waals surface area contributed by atoms with Crippen LogP contribution < -0.4 is 11.1 Å². The molecule has 96 valence electrons. The maximum atomic E-state index is 6.15. The molecule has 1 aromatic rings. The Kier molecular flexibility index (Phi) is 5.29. The molecule has 17 heavy (non-hydrogen) atoms. The summed E-state index contributed by atoms with van der Waals surface area (Å²) in [7, 11) is 0. The van der Waals surface area contributed by atoms with E-state index in [1.807, 2.05) is 24.3 Å². The maximum Gasteiger partial charge on any atom is 0.0637 e. The predicted molar refractivity (Wildman–Crippen MR) is 76.6 cm³/mol. The third-order valence-corrected chi connectivity index (χ3v) is 3.36. The average molecular weight is 255 g/mol. The summed E-state index contributed by atoms with van der Waals surface area (Å²) in [5.41, 5.74) is 6.76. The molecule has 3 N–H and O–H groups in total. The van der Waals surface area contributed by atoms with Crippen molar-refractivity contribution in [1.82, 2.24) is 0 Å². The van der Waals surface area contributed by atoms with E-state index in [0.717, 1.165) is 23.6 Å². The second-order valence-corrected chi connectivity index (χ2v) is 5.71. The number of rotatable bonds is 6. The molecule has 3 heteroatoms. The van der Waals surface area contributed by atoms with Crippen LogP contribution in [0.25, 0.3) is 0 Å². The van der Waals surface area contributed by atoms with Gasteiger partial charge in [0.2, 0.25) is 0 Å². The summed E-state index contributed by atoms with van der Waals surface area (Å²) in [5.74, 6) is 0.689. The maximum absolute atomic E-state index is 6.15. The molecule has 0 aliphatic rings. The van der Waals surface area contributed by atoms with E-state index in [-0.39, 0.29) is 5.54 Å². The number of nitrogens with two attached hydrogens (primary N) is 1.